The lowest BCUT2D eigenvalue weighted by molar-refractivity contribution is 0.943. The highest BCUT2D eigenvalue weighted by atomic mass is 16.1. The predicted molar refractivity (Wildman–Crippen MR) is 60.5 cm³/mol. The molecule has 5 heteroatoms. The van der Waals surface area contributed by atoms with E-state index in [1.807, 2.05) is 32.3 Å². The van der Waals surface area contributed by atoms with Crippen LogP contribution in [-0.2, 0) is 7.05 Å². The molecule has 0 aliphatic rings. The molecule has 3 N–H and O–H groups in total. The van der Waals surface area contributed by atoms with E-state index >= 15 is 0 Å². The number of nitrogens with one attached hydrogen (secondary N) is 1. The molecule has 0 fully saturated rings. The molecule has 0 radical (unpaired) electrons. The Balaban J connectivity index is 2.93. The van der Waals surface area contributed by atoms with Gasteiger partial charge in [0.1, 0.15) is 5.65 Å². The van der Waals surface area contributed by atoms with Gasteiger partial charge < -0.3 is 10.3 Å². The summed E-state index contributed by atoms with van der Waals surface area (Å²) in [4.78, 5) is 18.3. The number of H-pyrrole nitrogens is 1. The van der Waals surface area contributed by atoms with E-state index in [0.717, 1.165) is 5.56 Å². The van der Waals surface area contributed by atoms with E-state index in [4.69, 9.17) is 5.73 Å². The van der Waals surface area contributed by atoms with Crippen molar-refractivity contribution in [3.05, 3.63) is 28.2 Å². The van der Waals surface area contributed by atoms with Gasteiger partial charge in [0, 0.05) is 18.8 Å². The maximum Gasteiger partial charge on any atom is 0.262 e. The second-order valence-corrected chi connectivity index (χ2v) is 3.35. The number of anilines is 1. The van der Waals surface area contributed by atoms with Crippen molar-refractivity contribution in [2.24, 2.45) is 7.05 Å². The number of aromatic nitrogens is 3. The van der Waals surface area contributed by atoms with Gasteiger partial charge in [0.05, 0.1) is 5.39 Å². The monoisotopic (exact) mass is 204 g/mol. The Labute approximate surface area is 86.2 Å². The average Bonchev–Trinajstić information content (AvgIpc) is 2.44. The highest BCUT2D eigenvalue weighted by Crippen LogP contribution is 2.16. The minimum atomic E-state index is -0.203. The third-order valence-electron chi connectivity index (χ3n) is 2.22. The largest absolute Gasteiger partial charge is 0.369 e. The first kappa shape index (κ1) is 9.51. The predicted octanol–water partition coefficient (Wildman–Crippen LogP) is 0.877. The zero-order valence-corrected chi connectivity index (χ0v) is 8.61. The molecule has 0 bridgehead atoms. The molecule has 2 rings (SSSR count). The number of hydrogen-bond acceptors (Lipinski definition) is 3. The number of rotatable bonds is 1. The Morgan fingerprint density at radius 1 is 1.60 bits per heavy atom. The fourth-order valence-corrected chi connectivity index (χ4v) is 1.63. The highest BCUT2D eigenvalue weighted by Gasteiger charge is 2.10. The lowest BCUT2D eigenvalue weighted by Gasteiger charge is -1.95. The summed E-state index contributed by atoms with van der Waals surface area (Å²) in [5.41, 5.74) is 6.73. The van der Waals surface area contributed by atoms with Gasteiger partial charge in [-0.3, -0.25) is 9.78 Å². The van der Waals surface area contributed by atoms with Crippen molar-refractivity contribution in [3.63, 3.8) is 0 Å². The van der Waals surface area contributed by atoms with Crippen LogP contribution >= 0.6 is 0 Å². The van der Waals surface area contributed by atoms with E-state index in [9.17, 15) is 4.79 Å². The second-order valence-electron chi connectivity index (χ2n) is 3.35. The van der Waals surface area contributed by atoms with Crippen LogP contribution in [-0.4, -0.2) is 14.5 Å². The van der Waals surface area contributed by atoms with E-state index in [0.29, 0.717) is 11.0 Å². The van der Waals surface area contributed by atoms with Gasteiger partial charge in [-0.25, -0.2) is 0 Å². The molecule has 0 aliphatic carbocycles. The molecule has 0 atom stereocenters. The number of fused-ring (bicyclic) bond motifs is 1. The van der Waals surface area contributed by atoms with Gasteiger partial charge >= 0.3 is 0 Å². The fourth-order valence-electron chi connectivity index (χ4n) is 1.63. The van der Waals surface area contributed by atoms with Crippen LogP contribution < -0.4 is 11.3 Å². The van der Waals surface area contributed by atoms with Crippen LogP contribution in [0.3, 0.4) is 0 Å². The van der Waals surface area contributed by atoms with Crippen molar-refractivity contribution in [1.82, 2.24) is 14.5 Å². The Hall–Kier alpha value is -2.04. The van der Waals surface area contributed by atoms with Crippen LogP contribution in [0.25, 0.3) is 17.1 Å². The summed E-state index contributed by atoms with van der Waals surface area (Å²) >= 11 is 0. The van der Waals surface area contributed by atoms with Crippen LogP contribution in [0, 0.1) is 0 Å². The van der Waals surface area contributed by atoms with Gasteiger partial charge in [-0.15, -0.1) is 0 Å². The Bertz CT molecular complexity index is 591. The third kappa shape index (κ3) is 1.41. The summed E-state index contributed by atoms with van der Waals surface area (Å²) < 4.78 is 1.79. The van der Waals surface area contributed by atoms with Crippen molar-refractivity contribution < 1.29 is 0 Å². The van der Waals surface area contributed by atoms with Gasteiger partial charge in [0.2, 0.25) is 5.95 Å². The molecule has 0 aromatic carbocycles. The number of nitrogens with zero attached hydrogens (tertiary/aromatic N) is 2. The van der Waals surface area contributed by atoms with E-state index in [2.05, 4.69) is 9.97 Å². The molecular formula is C10H12N4O. The van der Waals surface area contributed by atoms with E-state index in [-0.39, 0.29) is 11.5 Å². The molecule has 78 valence electrons. The molecule has 2 aromatic heterocycles. The number of nitrogens with two attached hydrogens (primary N) is 1. The maximum absolute atomic E-state index is 11.7. The number of allylic oxidation sites excluding steroid dienone is 1. The SMILES string of the molecule is CC=Cc1cn(C)c2nc(N)[nH]c(=O)c12. The molecule has 0 saturated carbocycles. The Morgan fingerprint density at radius 3 is 3.00 bits per heavy atom. The highest BCUT2D eigenvalue weighted by molar-refractivity contribution is 5.86. The van der Waals surface area contributed by atoms with Gasteiger partial charge in [-0.05, 0) is 6.92 Å². The average molecular weight is 204 g/mol. The molecule has 0 spiro atoms. The molecule has 2 heterocycles. The summed E-state index contributed by atoms with van der Waals surface area (Å²) in [5.74, 6) is 0.140. The quantitative estimate of drug-likeness (QED) is 0.723. The minimum Gasteiger partial charge on any atom is -0.369 e. The molecule has 2 aromatic rings. The molecule has 15 heavy (non-hydrogen) atoms. The maximum atomic E-state index is 11.7. The molecule has 0 saturated heterocycles. The summed E-state index contributed by atoms with van der Waals surface area (Å²) in [5, 5.41) is 0.574. The standard InChI is InChI=1S/C10H12N4O/c1-3-4-6-5-14(2)8-7(6)9(15)13-10(11)12-8/h3-5H,1-2H3,(H3,11,12,13,15). The second kappa shape index (κ2) is 3.27. The minimum absolute atomic E-state index is 0.140. The molecule has 0 unspecified atom stereocenters. The number of nitrogen functional groups attached to an aromatic ring is 1. The molecule has 0 aliphatic heterocycles. The summed E-state index contributed by atoms with van der Waals surface area (Å²) in [6.45, 7) is 1.90. The Kier molecular flexibility index (Phi) is 2.07. The zero-order chi connectivity index (χ0) is 11.0. The van der Waals surface area contributed by atoms with Crippen LogP contribution in [0.1, 0.15) is 12.5 Å². The van der Waals surface area contributed by atoms with Crippen LogP contribution in [0.4, 0.5) is 5.95 Å². The topological polar surface area (TPSA) is 76.7 Å². The van der Waals surface area contributed by atoms with Gasteiger partial charge in [-0.2, -0.15) is 4.98 Å². The zero-order valence-electron chi connectivity index (χ0n) is 8.61. The lowest BCUT2D eigenvalue weighted by Crippen LogP contribution is -2.11. The lowest BCUT2D eigenvalue weighted by atomic mass is 10.2. The summed E-state index contributed by atoms with van der Waals surface area (Å²) in [7, 11) is 1.83. The first-order valence-electron chi connectivity index (χ1n) is 4.61. The summed E-state index contributed by atoms with van der Waals surface area (Å²) in [6.07, 6.45) is 5.60. The Morgan fingerprint density at radius 2 is 2.33 bits per heavy atom. The van der Waals surface area contributed by atoms with Crippen molar-refractivity contribution in [2.75, 3.05) is 5.73 Å². The van der Waals surface area contributed by atoms with Crippen molar-refractivity contribution in [3.8, 4) is 0 Å². The first-order chi connectivity index (χ1) is 7.13. The van der Waals surface area contributed by atoms with Crippen molar-refractivity contribution >= 4 is 23.1 Å². The smallest absolute Gasteiger partial charge is 0.262 e. The molecular weight excluding hydrogens is 192 g/mol. The third-order valence-corrected chi connectivity index (χ3v) is 2.22. The summed E-state index contributed by atoms with van der Waals surface area (Å²) in [6, 6.07) is 0. The van der Waals surface area contributed by atoms with Crippen molar-refractivity contribution in [1.29, 1.82) is 0 Å². The molecule has 0 amide bonds. The fraction of sp³-hybridized carbons (Fsp3) is 0.200. The van der Waals surface area contributed by atoms with Crippen LogP contribution in [0.5, 0.6) is 0 Å². The normalized spacial score (nSPS) is 11.6. The van der Waals surface area contributed by atoms with Gasteiger partial charge in [0.25, 0.3) is 5.56 Å². The van der Waals surface area contributed by atoms with Gasteiger partial charge in [0.15, 0.2) is 0 Å². The van der Waals surface area contributed by atoms with Crippen molar-refractivity contribution in [2.45, 2.75) is 6.92 Å². The van der Waals surface area contributed by atoms with Crippen LogP contribution in [0.2, 0.25) is 0 Å². The van der Waals surface area contributed by atoms with Gasteiger partial charge in [-0.1, -0.05) is 12.2 Å². The van der Waals surface area contributed by atoms with E-state index in [1.165, 1.54) is 0 Å². The molecule has 5 nitrogen and oxygen atoms in total. The number of aromatic amines is 1. The number of aryl methyl sites for hydroxylation is 1. The first-order valence-corrected chi connectivity index (χ1v) is 4.61. The van der Waals surface area contributed by atoms with E-state index < -0.39 is 0 Å². The number of hydrogen-bond donors (Lipinski definition) is 2. The van der Waals surface area contributed by atoms with Crippen LogP contribution in [0.15, 0.2) is 17.1 Å². The van der Waals surface area contributed by atoms with E-state index in [1.54, 1.807) is 4.57 Å².